The standard InChI is InChI=1S/C17H29NS/c1-13(2)8-9-19-17-7-6-15(5)10-16(17)12-18-11-14(3)4/h6-7,10,13-14,18H,8-9,11-12H2,1-5H3. The lowest BCUT2D eigenvalue weighted by Crippen LogP contribution is -2.19. The predicted molar refractivity (Wildman–Crippen MR) is 87.9 cm³/mol. The van der Waals surface area contributed by atoms with Crippen molar-refractivity contribution in [3.05, 3.63) is 29.3 Å². The molecule has 0 spiro atoms. The van der Waals surface area contributed by atoms with E-state index in [1.54, 1.807) is 0 Å². The molecule has 0 aromatic heterocycles. The maximum atomic E-state index is 3.55. The highest BCUT2D eigenvalue weighted by Crippen LogP contribution is 2.25. The number of benzene rings is 1. The summed E-state index contributed by atoms with van der Waals surface area (Å²) in [5, 5.41) is 3.55. The number of hydrogen-bond acceptors (Lipinski definition) is 2. The highest BCUT2D eigenvalue weighted by molar-refractivity contribution is 7.99. The third-order valence-electron chi connectivity index (χ3n) is 3.04. The van der Waals surface area contributed by atoms with Gasteiger partial charge in [-0.25, -0.2) is 0 Å². The van der Waals surface area contributed by atoms with Crippen molar-refractivity contribution in [2.24, 2.45) is 11.8 Å². The fourth-order valence-corrected chi connectivity index (χ4v) is 3.18. The molecule has 1 nitrogen and oxygen atoms in total. The van der Waals surface area contributed by atoms with E-state index >= 15 is 0 Å². The Hall–Kier alpha value is -0.470. The number of aryl methyl sites for hydroxylation is 1. The molecule has 0 unspecified atom stereocenters. The molecule has 0 bridgehead atoms. The molecule has 1 N–H and O–H groups in total. The van der Waals surface area contributed by atoms with Crippen LogP contribution in [-0.2, 0) is 6.54 Å². The Morgan fingerprint density at radius 2 is 1.84 bits per heavy atom. The van der Waals surface area contributed by atoms with Gasteiger partial charge in [-0.2, -0.15) is 0 Å². The lowest BCUT2D eigenvalue weighted by molar-refractivity contribution is 0.550. The highest BCUT2D eigenvalue weighted by Gasteiger charge is 2.05. The molecule has 0 aliphatic carbocycles. The number of rotatable bonds is 8. The van der Waals surface area contributed by atoms with Gasteiger partial charge in [0.1, 0.15) is 0 Å². The van der Waals surface area contributed by atoms with Crippen LogP contribution in [-0.4, -0.2) is 12.3 Å². The second-order valence-corrected chi connectivity index (χ2v) is 7.30. The third kappa shape index (κ3) is 7.03. The average molecular weight is 279 g/mol. The molecule has 0 radical (unpaired) electrons. The van der Waals surface area contributed by atoms with Crippen molar-refractivity contribution in [1.29, 1.82) is 0 Å². The molecule has 0 aliphatic heterocycles. The Morgan fingerprint density at radius 3 is 2.47 bits per heavy atom. The van der Waals surface area contributed by atoms with E-state index in [0.29, 0.717) is 5.92 Å². The van der Waals surface area contributed by atoms with Crippen LogP contribution in [0, 0.1) is 18.8 Å². The molecule has 1 aromatic carbocycles. The first-order valence-electron chi connectivity index (χ1n) is 7.42. The van der Waals surface area contributed by atoms with Gasteiger partial charge in [-0.1, -0.05) is 45.4 Å². The van der Waals surface area contributed by atoms with Crippen molar-refractivity contribution in [3.63, 3.8) is 0 Å². The zero-order valence-corrected chi connectivity index (χ0v) is 13.9. The number of hydrogen-bond donors (Lipinski definition) is 1. The van der Waals surface area contributed by atoms with Gasteiger partial charge in [-0.3, -0.25) is 0 Å². The minimum atomic E-state index is 0.710. The van der Waals surface area contributed by atoms with Crippen LogP contribution in [0.1, 0.15) is 45.2 Å². The average Bonchev–Trinajstić information content (AvgIpc) is 2.31. The van der Waals surface area contributed by atoms with Crippen molar-refractivity contribution < 1.29 is 0 Å². The van der Waals surface area contributed by atoms with Gasteiger partial charge >= 0.3 is 0 Å². The zero-order chi connectivity index (χ0) is 14.3. The summed E-state index contributed by atoms with van der Waals surface area (Å²) < 4.78 is 0. The van der Waals surface area contributed by atoms with Gasteiger partial charge in [0.05, 0.1) is 0 Å². The fourth-order valence-electron chi connectivity index (χ4n) is 1.89. The summed E-state index contributed by atoms with van der Waals surface area (Å²) in [5.41, 5.74) is 2.81. The molecule has 0 fully saturated rings. The van der Waals surface area contributed by atoms with Gasteiger partial charge in [0.15, 0.2) is 0 Å². The number of thioether (sulfide) groups is 1. The van der Waals surface area contributed by atoms with E-state index in [1.807, 2.05) is 11.8 Å². The molecule has 1 rings (SSSR count). The lowest BCUT2D eigenvalue weighted by Gasteiger charge is -2.13. The van der Waals surface area contributed by atoms with E-state index in [4.69, 9.17) is 0 Å². The molecule has 1 aromatic rings. The molecule has 2 heteroatoms. The maximum absolute atomic E-state index is 3.55. The summed E-state index contributed by atoms with van der Waals surface area (Å²) in [6.45, 7) is 13.3. The monoisotopic (exact) mass is 279 g/mol. The summed E-state index contributed by atoms with van der Waals surface area (Å²) in [6.07, 6.45) is 1.29. The first-order chi connectivity index (χ1) is 8.99. The van der Waals surface area contributed by atoms with Crippen LogP contribution in [0.5, 0.6) is 0 Å². The minimum Gasteiger partial charge on any atom is -0.312 e. The van der Waals surface area contributed by atoms with E-state index in [9.17, 15) is 0 Å². The molecule has 0 heterocycles. The normalized spacial score (nSPS) is 11.5. The minimum absolute atomic E-state index is 0.710. The second-order valence-electron chi connectivity index (χ2n) is 6.17. The fraction of sp³-hybridized carbons (Fsp3) is 0.647. The van der Waals surface area contributed by atoms with Crippen molar-refractivity contribution >= 4 is 11.8 Å². The molecule has 0 amide bonds. The molecule has 0 aliphatic rings. The Labute approximate surface area is 123 Å². The van der Waals surface area contributed by atoms with Crippen LogP contribution >= 0.6 is 11.8 Å². The SMILES string of the molecule is Cc1ccc(SCCC(C)C)c(CNCC(C)C)c1. The van der Waals surface area contributed by atoms with Crippen molar-refractivity contribution in [2.45, 2.75) is 52.5 Å². The van der Waals surface area contributed by atoms with Crippen LogP contribution in [0.3, 0.4) is 0 Å². The first kappa shape index (κ1) is 16.6. The van der Waals surface area contributed by atoms with Gasteiger partial charge in [0.25, 0.3) is 0 Å². The van der Waals surface area contributed by atoms with Crippen LogP contribution in [0.2, 0.25) is 0 Å². The molecule has 0 atom stereocenters. The van der Waals surface area contributed by atoms with Gasteiger partial charge in [0.2, 0.25) is 0 Å². The van der Waals surface area contributed by atoms with Crippen LogP contribution in [0.25, 0.3) is 0 Å². The molecule has 108 valence electrons. The number of nitrogens with one attached hydrogen (secondary N) is 1. The van der Waals surface area contributed by atoms with Crippen LogP contribution in [0.15, 0.2) is 23.1 Å². The largest absolute Gasteiger partial charge is 0.312 e. The van der Waals surface area contributed by atoms with E-state index in [2.05, 4.69) is 58.1 Å². The topological polar surface area (TPSA) is 12.0 Å². The van der Waals surface area contributed by atoms with Crippen molar-refractivity contribution in [2.75, 3.05) is 12.3 Å². The third-order valence-corrected chi connectivity index (χ3v) is 4.19. The Morgan fingerprint density at radius 1 is 1.11 bits per heavy atom. The maximum Gasteiger partial charge on any atom is 0.0216 e. The van der Waals surface area contributed by atoms with Gasteiger partial charge in [-0.05, 0) is 49.1 Å². The lowest BCUT2D eigenvalue weighted by atomic mass is 10.1. The smallest absolute Gasteiger partial charge is 0.0216 e. The second kappa shape index (κ2) is 8.65. The first-order valence-corrected chi connectivity index (χ1v) is 8.40. The van der Waals surface area contributed by atoms with Gasteiger partial charge in [0, 0.05) is 11.4 Å². The highest BCUT2D eigenvalue weighted by atomic mass is 32.2. The molecule has 0 saturated carbocycles. The van der Waals surface area contributed by atoms with E-state index < -0.39 is 0 Å². The van der Waals surface area contributed by atoms with Crippen LogP contribution < -0.4 is 5.32 Å². The predicted octanol–water partition coefficient (Wildman–Crippen LogP) is 4.88. The zero-order valence-electron chi connectivity index (χ0n) is 13.1. The van der Waals surface area contributed by atoms with Crippen molar-refractivity contribution in [1.82, 2.24) is 5.32 Å². The summed E-state index contributed by atoms with van der Waals surface area (Å²) in [7, 11) is 0. The van der Waals surface area contributed by atoms with Crippen LogP contribution in [0.4, 0.5) is 0 Å². The molecular weight excluding hydrogens is 250 g/mol. The molecule has 19 heavy (non-hydrogen) atoms. The molecule has 0 saturated heterocycles. The van der Waals surface area contributed by atoms with E-state index in [1.165, 1.54) is 28.2 Å². The summed E-state index contributed by atoms with van der Waals surface area (Å²) in [5.74, 6) is 2.72. The van der Waals surface area contributed by atoms with Gasteiger partial charge < -0.3 is 5.32 Å². The summed E-state index contributed by atoms with van der Waals surface area (Å²) in [6, 6.07) is 6.83. The Kier molecular flexibility index (Phi) is 7.55. The summed E-state index contributed by atoms with van der Waals surface area (Å²) in [4.78, 5) is 1.45. The van der Waals surface area contributed by atoms with Gasteiger partial charge in [-0.15, -0.1) is 11.8 Å². The van der Waals surface area contributed by atoms with Crippen molar-refractivity contribution in [3.8, 4) is 0 Å². The molecular formula is C17H29NS. The quantitative estimate of drug-likeness (QED) is 0.681. The Bertz CT molecular complexity index is 372. The van der Waals surface area contributed by atoms with E-state index in [-0.39, 0.29) is 0 Å². The summed E-state index contributed by atoms with van der Waals surface area (Å²) >= 11 is 2.00. The van der Waals surface area contributed by atoms with E-state index in [0.717, 1.165) is 19.0 Å². The Balaban J connectivity index is 2.58.